The Morgan fingerprint density at radius 3 is 1.62 bits per heavy atom. The maximum absolute atomic E-state index is 5.50. The lowest BCUT2D eigenvalue weighted by Crippen LogP contribution is -2.17. The second-order valence-corrected chi connectivity index (χ2v) is 5.73. The summed E-state index contributed by atoms with van der Waals surface area (Å²) in [4.78, 5) is 0. The molecule has 0 amide bonds. The predicted octanol–water partition coefficient (Wildman–Crippen LogP) is 2.27. The van der Waals surface area contributed by atoms with Crippen molar-refractivity contribution in [2.24, 2.45) is 0 Å². The summed E-state index contributed by atoms with van der Waals surface area (Å²) >= 11 is 2.42. The van der Waals surface area contributed by atoms with Crippen LogP contribution in [0.1, 0.15) is 25.7 Å². The third kappa shape index (κ3) is 20.5. The standard InChI is InChI=1S/C15H32INO4/c1-17-7-9-19-11-13-21-15-14-20-12-10-18-8-5-3-2-4-6-16/h17H,2-15H2,1H3. The molecule has 0 aliphatic rings. The van der Waals surface area contributed by atoms with Gasteiger partial charge in [-0.3, -0.25) is 0 Å². The van der Waals surface area contributed by atoms with Gasteiger partial charge in [0.2, 0.25) is 0 Å². The molecular weight excluding hydrogens is 385 g/mol. The van der Waals surface area contributed by atoms with Crippen LogP contribution in [0.3, 0.4) is 0 Å². The quantitative estimate of drug-likeness (QED) is 0.211. The van der Waals surface area contributed by atoms with Gasteiger partial charge in [0.25, 0.3) is 0 Å². The summed E-state index contributed by atoms with van der Waals surface area (Å²) in [5.41, 5.74) is 0. The van der Waals surface area contributed by atoms with E-state index in [1.54, 1.807) is 0 Å². The molecule has 0 unspecified atom stereocenters. The number of hydrogen-bond donors (Lipinski definition) is 1. The molecule has 0 spiro atoms. The first kappa shape index (κ1) is 21.5. The number of hydrogen-bond acceptors (Lipinski definition) is 5. The van der Waals surface area contributed by atoms with Gasteiger partial charge in [-0.15, -0.1) is 0 Å². The number of ether oxygens (including phenoxy) is 4. The third-order valence-electron chi connectivity index (χ3n) is 2.78. The van der Waals surface area contributed by atoms with Gasteiger partial charge in [-0.1, -0.05) is 35.4 Å². The van der Waals surface area contributed by atoms with Crippen LogP contribution in [0.4, 0.5) is 0 Å². The zero-order valence-electron chi connectivity index (χ0n) is 13.4. The monoisotopic (exact) mass is 417 g/mol. The van der Waals surface area contributed by atoms with Crippen LogP contribution in [0.15, 0.2) is 0 Å². The van der Waals surface area contributed by atoms with E-state index in [0.717, 1.165) is 26.2 Å². The van der Waals surface area contributed by atoms with Crippen LogP contribution in [0.25, 0.3) is 0 Å². The number of alkyl halides is 1. The van der Waals surface area contributed by atoms with Crippen molar-refractivity contribution >= 4 is 22.6 Å². The van der Waals surface area contributed by atoms with Crippen LogP contribution in [0, 0.1) is 0 Å². The van der Waals surface area contributed by atoms with Crippen molar-refractivity contribution in [3.05, 3.63) is 0 Å². The van der Waals surface area contributed by atoms with Gasteiger partial charge in [0.05, 0.1) is 46.2 Å². The molecular formula is C15H32INO4. The van der Waals surface area contributed by atoms with Crippen LogP contribution in [0.5, 0.6) is 0 Å². The number of likely N-dealkylation sites (N-methyl/N-ethyl adjacent to an activating group) is 1. The maximum atomic E-state index is 5.50. The zero-order chi connectivity index (χ0) is 15.4. The van der Waals surface area contributed by atoms with Crippen molar-refractivity contribution in [1.29, 1.82) is 0 Å². The van der Waals surface area contributed by atoms with Gasteiger partial charge in [0.15, 0.2) is 0 Å². The van der Waals surface area contributed by atoms with Gasteiger partial charge in [0, 0.05) is 13.2 Å². The number of nitrogens with one attached hydrogen (secondary N) is 1. The minimum Gasteiger partial charge on any atom is -0.379 e. The van der Waals surface area contributed by atoms with E-state index in [-0.39, 0.29) is 0 Å². The van der Waals surface area contributed by atoms with E-state index in [2.05, 4.69) is 27.9 Å². The van der Waals surface area contributed by atoms with E-state index in [0.29, 0.717) is 39.6 Å². The Hall–Kier alpha value is 0.530. The SMILES string of the molecule is CNCCOCCOCCOCCOCCCCCCI. The molecule has 0 aromatic heterocycles. The molecule has 0 radical (unpaired) electrons. The molecule has 128 valence electrons. The van der Waals surface area contributed by atoms with E-state index >= 15 is 0 Å². The molecule has 0 atom stereocenters. The van der Waals surface area contributed by atoms with Crippen LogP contribution in [-0.2, 0) is 18.9 Å². The molecule has 0 aliphatic carbocycles. The Morgan fingerprint density at radius 2 is 1.10 bits per heavy atom. The summed E-state index contributed by atoms with van der Waals surface area (Å²) < 4.78 is 22.9. The third-order valence-corrected chi connectivity index (χ3v) is 3.55. The first-order chi connectivity index (χ1) is 10.4. The van der Waals surface area contributed by atoms with Crippen molar-refractivity contribution in [1.82, 2.24) is 5.32 Å². The highest BCUT2D eigenvalue weighted by molar-refractivity contribution is 14.1. The number of rotatable bonds is 18. The average molecular weight is 417 g/mol. The summed E-state index contributed by atoms with van der Waals surface area (Å²) in [6, 6.07) is 0. The van der Waals surface area contributed by atoms with E-state index in [1.165, 1.54) is 23.7 Å². The molecule has 0 aromatic rings. The van der Waals surface area contributed by atoms with Crippen molar-refractivity contribution in [2.75, 3.05) is 70.9 Å². The molecule has 1 N–H and O–H groups in total. The van der Waals surface area contributed by atoms with Crippen molar-refractivity contribution in [2.45, 2.75) is 25.7 Å². The molecule has 0 saturated carbocycles. The van der Waals surface area contributed by atoms with E-state index in [1.807, 2.05) is 7.05 Å². The van der Waals surface area contributed by atoms with Gasteiger partial charge in [-0.25, -0.2) is 0 Å². The van der Waals surface area contributed by atoms with Gasteiger partial charge >= 0.3 is 0 Å². The Balaban J connectivity index is 2.90. The average Bonchev–Trinajstić information content (AvgIpc) is 2.50. The molecule has 0 aliphatic heterocycles. The largest absolute Gasteiger partial charge is 0.379 e. The smallest absolute Gasteiger partial charge is 0.0701 e. The molecule has 0 bridgehead atoms. The Bertz CT molecular complexity index is 169. The first-order valence-corrected chi connectivity index (χ1v) is 9.46. The Morgan fingerprint density at radius 1 is 0.619 bits per heavy atom. The molecule has 0 aromatic carbocycles. The molecule has 0 fully saturated rings. The summed E-state index contributed by atoms with van der Waals surface area (Å²) in [6.07, 6.45) is 5.07. The van der Waals surface area contributed by atoms with Crippen molar-refractivity contribution in [3.8, 4) is 0 Å². The van der Waals surface area contributed by atoms with Gasteiger partial charge in [-0.05, 0) is 24.3 Å². The van der Waals surface area contributed by atoms with E-state index in [4.69, 9.17) is 18.9 Å². The highest BCUT2D eigenvalue weighted by Crippen LogP contribution is 2.02. The minimum atomic E-state index is 0.617. The Kier molecular flexibility index (Phi) is 21.0. The van der Waals surface area contributed by atoms with Crippen LogP contribution < -0.4 is 5.32 Å². The highest BCUT2D eigenvalue weighted by atomic mass is 127. The fourth-order valence-electron chi connectivity index (χ4n) is 1.59. The van der Waals surface area contributed by atoms with Gasteiger partial charge < -0.3 is 24.3 Å². The number of unbranched alkanes of at least 4 members (excludes halogenated alkanes) is 3. The first-order valence-electron chi connectivity index (χ1n) is 7.93. The van der Waals surface area contributed by atoms with E-state index in [9.17, 15) is 0 Å². The van der Waals surface area contributed by atoms with Crippen molar-refractivity contribution in [3.63, 3.8) is 0 Å². The summed E-state index contributed by atoms with van der Waals surface area (Å²) in [5.74, 6) is 0. The van der Waals surface area contributed by atoms with Gasteiger partial charge in [0.1, 0.15) is 0 Å². The molecule has 21 heavy (non-hydrogen) atoms. The topological polar surface area (TPSA) is 49.0 Å². The van der Waals surface area contributed by atoms with Crippen LogP contribution in [-0.4, -0.2) is 70.9 Å². The number of halogens is 1. The fourth-order valence-corrected chi connectivity index (χ4v) is 2.13. The summed E-state index contributed by atoms with van der Waals surface area (Å²) in [6.45, 7) is 6.29. The molecule has 6 heteroatoms. The van der Waals surface area contributed by atoms with Crippen LogP contribution >= 0.6 is 22.6 Å². The van der Waals surface area contributed by atoms with Crippen molar-refractivity contribution < 1.29 is 18.9 Å². The minimum absolute atomic E-state index is 0.617. The fraction of sp³-hybridized carbons (Fsp3) is 1.00. The normalized spacial score (nSPS) is 11.1. The molecule has 0 rings (SSSR count). The second kappa shape index (κ2) is 20.5. The molecule has 5 nitrogen and oxygen atoms in total. The lowest BCUT2D eigenvalue weighted by atomic mass is 10.2. The Labute approximate surface area is 143 Å². The molecule has 0 saturated heterocycles. The molecule has 0 heterocycles. The maximum Gasteiger partial charge on any atom is 0.0701 e. The zero-order valence-corrected chi connectivity index (χ0v) is 15.6. The van der Waals surface area contributed by atoms with E-state index < -0.39 is 0 Å². The predicted molar refractivity (Wildman–Crippen MR) is 94.6 cm³/mol. The lowest BCUT2D eigenvalue weighted by Gasteiger charge is -2.07. The van der Waals surface area contributed by atoms with Gasteiger partial charge in [-0.2, -0.15) is 0 Å². The van der Waals surface area contributed by atoms with Crippen LogP contribution in [0.2, 0.25) is 0 Å². The lowest BCUT2D eigenvalue weighted by molar-refractivity contribution is -0.00169. The highest BCUT2D eigenvalue weighted by Gasteiger charge is 1.93. The summed E-state index contributed by atoms with van der Waals surface area (Å²) in [5, 5.41) is 3.02. The second-order valence-electron chi connectivity index (χ2n) is 4.66. The summed E-state index contributed by atoms with van der Waals surface area (Å²) in [7, 11) is 1.91.